The van der Waals surface area contributed by atoms with Gasteiger partial charge in [-0.3, -0.25) is 0 Å². The van der Waals surface area contributed by atoms with E-state index in [2.05, 4.69) is 6.92 Å². The summed E-state index contributed by atoms with van der Waals surface area (Å²) in [5.41, 5.74) is 6.55. The molecule has 0 aliphatic heterocycles. The molecule has 0 saturated heterocycles. The first-order valence-electron chi connectivity index (χ1n) is 10.00. The molecule has 0 heterocycles. The van der Waals surface area contributed by atoms with Crippen LogP contribution in [0.5, 0.6) is 0 Å². The highest BCUT2D eigenvalue weighted by Crippen LogP contribution is 2.21. The molecule has 0 bridgehead atoms. The first kappa shape index (κ1) is 19.0. The van der Waals surface area contributed by atoms with Crippen molar-refractivity contribution in [1.29, 1.82) is 0 Å². The van der Waals surface area contributed by atoms with Crippen molar-refractivity contribution in [3.05, 3.63) is 0 Å². The van der Waals surface area contributed by atoms with Crippen molar-refractivity contribution >= 4 is 0 Å². The standard InChI is InChI=1S/C20H41N/c1-20(21)18-16-14-12-10-8-6-4-2-3-5-7-9-11-13-15-17-19-20/h2-19,21H2,1H3. The summed E-state index contributed by atoms with van der Waals surface area (Å²) >= 11 is 0. The van der Waals surface area contributed by atoms with Crippen LogP contribution in [0, 0.1) is 0 Å². The third-order valence-electron chi connectivity index (χ3n) is 5.25. The molecule has 1 rings (SSSR count). The molecule has 0 spiro atoms. The number of hydrogen-bond donors (Lipinski definition) is 1. The van der Waals surface area contributed by atoms with Crippen LogP contribution in [0.2, 0.25) is 0 Å². The van der Waals surface area contributed by atoms with Crippen LogP contribution in [0.3, 0.4) is 0 Å². The van der Waals surface area contributed by atoms with Crippen LogP contribution in [0.15, 0.2) is 0 Å². The summed E-state index contributed by atoms with van der Waals surface area (Å²) in [6, 6.07) is 0. The van der Waals surface area contributed by atoms with E-state index >= 15 is 0 Å². The summed E-state index contributed by atoms with van der Waals surface area (Å²) in [6.07, 6.45) is 25.4. The maximum Gasteiger partial charge on any atom is 0.0125 e. The van der Waals surface area contributed by atoms with Crippen LogP contribution < -0.4 is 5.73 Å². The van der Waals surface area contributed by atoms with Gasteiger partial charge in [-0.1, -0.05) is 103 Å². The molecule has 1 nitrogen and oxygen atoms in total. The van der Waals surface area contributed by atoms with E-state index in [1.54, 1.807) is 0 Å². The quantitative estimate of drug-likeness (QED) is 0.526. The molecule has 1 aliphatic carbocycles. The third-order valence-corrected chi connectivity index (χ3v) is 5.25. The Morgan fingerprint density at radius 3 is 0.857 bits per heavy atom. The molecule has 21 heavy (non-hydrogen) atoms. The second-order valence-electron chi connectivity index (χ2n) is 7.81. The monoisotopic (exact) mass is 295 g/mol. The highest BCUT2D eigenvalue weighted by Gasteiger charge is 2.16. The average Bonchev–Trinajstić information content (AvgIpc) is 2.45. The summed E-state index contributed by atoms with van der Waals surface area (Å²) < 4.78 is 0. The fraction of sp³-hybridized carbons (Fsp3) is 1.00. The van der Waals surface area contributed by atoms with Gasteiger partial charge in [-0.15, -0.1) is 0 Å². The van der Waals surface area contributed by atoms with Crippen molar-refractivity contribution in [1.82, 2.24) is 0 Å². The van der Waals surface area contributed by atoms with Crippen LogP contribution in [-0.4, -0.2) is 5.54 Å². The van der Waals surface area contributed by atoms with Crippen molar-refractivity contribution < 1.29 is 0 Å². The Morgan fingerprint density at radius 1 is 0.429 bits per heavy atom. The van der Waals surface area contributed by atoms with Gasteiger partial charge in [-0.05, 0) is 19.8 Å². The number of rotatable bonds is 0. The molecule has 1 saturated carbocycles. The largest absolute Gasteiger partial charge is 0.325 e. The Bertz CT molecular complexity index is 200. The molecule has 1 aliphatic rings. The number of nitrogens with two attached hydrogens (primary N) is 1. The van der Waals surface area contributed by atoms with Gasteiger partial charge in [-0.2, -0.15) is 0 Å². The van der Waals surface area contributed by atoms with Crippen molar-refractivity contribution in [2.45, 2.75) is 128 Å². The lowest BCUT2D eigenvalue weighted by Crippen LogP contribution is -2.35. The second kappa shape index (κ2) is 12.5. The third kappa shape index (κ3) is 12.2. The van der Waals surface area contributed by atoms with E-state index in [1.807, 2.05) is 0 Å². The lowest BCUT2D eigenvalue weighted by Gasteiger charge is -2.24. The van der Waals surface area contributed by atoms with Crippen LogP contribution in [0.1, 0.15) is 122 Å². The highest BCUT2D eigenvalue weighted by molar-refractivity contribution is 4.78. The second-order valence-corrected chi connectivity index (χ2v) is 7.81. The molecule has 0 atom stereocenters. The summed E-state index contributed by atoms with van der Waals surface area (Å²) in [5.74, 6) is 0. The molecule has 0 unspecified atom stereocenters. The van der Waals surface area contributed by atoms with Crippen molar-refractivity contribution in [3.63, 3.8) is 0 Å². The Kier molecular flexibility index (Phi) is 11.3. The lowest BCUT2D eigenvalue weighted by molar-refractivity contribution is 0.363. The summed E-state index contributed by atoms with van der Waals surface area (Å²) in [7, 11) is 0. The highest BCUT2D eigenvalue weighted by atomic mass is 14.7. The molecule has 0 aromatic carbocycles. The first-order chi connectivity index (χ1) is 10.2. The smallest absolute Gasteiger partial charge is 0.0125 e. The fourth-order valence-electron chi connectivity index (χ4n) is 3.66. The van der Waals surface area contributed by atoms with Gasteiger partial charge in [0.05, 0.1) is 0 Å². The summed E-state index contributed by atoms with van der Waals surface area (Å²) in [4.78, 5) is 0. The van der Waals surface area contributed by atoms with Gasteiger partial charge >= 0.3 is 0 Å². The van der Waals surface area contributed by atoms with E-state index in [1.165, 1.54) is 116 Å². The Hall–Kier alpha value is -0.0400. The summed E-state index contributed by atoms with van der Waals surface area (Å²) in [6.45, 7) is 2.27. The van der Waals surface area contributed by atoms with E-state index in [0.29, 0.717) is 0 Å². The maximum absolute atomic E-state index is 6.45. The molecule has 1 fully saturated rings. The van der Waals surface area contributed by atoms with Gasteiger partial charge in [0.25, 0.3) is 0 Å². The minimum absolute atomic E-state index is 0.100. The van der Waals surface area contributed by atoms with E-state index in [0.717, 1.165) is 0 Å². The van der Waals surface area contributed by atoms with Gasteiger partial charge in [0, 0.05) is 5.54 Å². The van der Waals surface area contributed by atoms with Gasteiger partial charge in [0.1, 0.15) is 0 Å². The van der Waals surface area contributed by atoms with E-state index in [4.69, 9.17) is 5.73 Å². The molecular formula is C20H41N. The van der Waals surface area contributed by atoms with Crippen molar-refractivity contribution in [2.75, 3.05) is 0 Å². The van der Waals surface area contributed by atoms with Gasteiger partial charge < -0.3 is 5.73 Å². The van der Waals surface area contributed by atoms with Crippen LogP contribution in [0.25, 0.3) is 0 Å². The molecule has 1 heteroatoms. The molecule has 2 N–H and O–H groups in total. The van der Waals surface area contributed by atoms with E-state index in [-0.39, 0.29) is 5.54 Å². The average molecular weight is 296 g/mol. The van der Waals surface area contributed by atoms with E-state index < -0.39 is 0 Å². The predicted octanol–water partition coefficient (Wildman–Crippen LogP) is 6.74. The van der Waals surface area contributed by atoms with Crippen molar-refractivity contribution in [3.8, 4) is 0 Å². The fourth-order valence-corrected chi connectivity index (χ4v) is 3.66. The molecular weight excluding hydrogens is 254 g/mol. The Morgan fingerprint density at radius 2 is 0.619 bits per heavy atom. The molecule has 0 radical (unpaired) electrons. The van der Waals surface area contributed by atoms with Gasteiger partial charge in [0.2, 0.25) is 0 Å². The van der Waals surface area contributed by atoms with Crippen molar-refractivity contribution in [2.24, 2.45) is 5.73 Å². The molecule has 0 aromatic rings. The zero-order chi connectivity index (χ0) is 15.2. The van der Waals surface area contributed by atoms with Crippen LogP contribution >= 0.6 is 0 Å². The number of hydrogen-bond acceptors (Lipinski definition) is 1. The van der Waals surface area contributed by atoms with Gasteiger partial charge in [-0.25, -0.2) is 0 Å². The first-order valence-corrected chi connectivity index (χ1v) is 10.00. The zero-order valence-corrected chi connectivity index (χ0v) is 14.8. The van der Waals surface area contributed by atoms with Crippen LogP contribution in [0.4, 0.5) is 0 Å². The molecule has 126 valence electrons. The minimum Gasteiger partial charge on any atom is -0.325 e. The Balaban J connectivity index is 2.18. The topological polar surface area (TPSA) is 26.0 Å². The molecule has 0 aromatic heterocycles. The SMILES string of the molecule is CC1(N)CCCCCCCCCCCCCCCCCC1. The minimum atomic E-state index is 0.100. The van der Waals surface area contributed by atoms with Gasteiger partial charge in [0.15, 0.2) is 0 Å². The summed E-state index contributed by atoms with van der Waals surface area (Å²) in [5, 5.41) is 0. The van der Waals surface area contributed by atoms with Crippen LogP contribution in [-0.2, 0) is 0 Å². The zero-order valence-electron chi connectivity index (χ0n) is 14.8. The predicted molar refractivity (Wildman–Crippen MR) is 95.7 cm³/mol. The maximum atomic E-state index is 6.45. The van der Waals surface area contributed by atoms with E-state index in [9.17, 15) is 0 Å². The Labute approximate surface area is 134 Å². The lowest BCUT2D eigenvalue weighted by atomic mass is 9.89. The molecule has 0 amide bonds. The normalized spacial score (nSPS) is 25.4.